The number of urea groups is 1. The Balaban J connectivity index is 1.26. The van der Waals surface area contributed by atoms with Crippen LogP contribution >= 0.6 is 11.6 Å². The van der Waals surface area contributed by atoms with Gasteiger partial charge in [0.05, 0.1) is 18.7 Å². The fourth-order valence-electron chi connectivity index (χ4n) is 4.38. The van der Waals surface area contributed by atoms with Crippen molar-refractivity contribution in [2.24, 2.45) is 0 Å². The van der Waals surface area contributed by atoms with Crippen LogP contribution in [0.4, 0.5) is 16.3 Å². The summed E-state index contributed by atoms with van der Waals surface area (Å²) in [5.74, 6) is 0.669. The molecule has 2 aliphatic rings. The van der Waals surface area contributed by atoms with Gasteiger partial charge in [-0.3, -0.25) is 4.90 Å². The number of halogens is 1. The van der Waals surface area contributed by atoms with Gasteiger partial charge in [0.25, 0.3) is 0 Å². The van der Waals surface area contributed by atoms with Crippen molar-refractivity contribution in [2.75, 3.05) is 75.9 Å². The van der Waals surface area contributed by atoms with E-state index in [0.717, 1.165) is 44.1 Å². The summed E-state index contributed by atoms with van der Waals surface area (Å²) in [5.41, 5.74) is 3.19. The topological polar surface area (TPSA) is 96.0 Å². The lowest BCUT2D eigenvalue weighted by Crippen LogP contribution is -2.50. The van der Waals surface area contributed by atoms with Crippen LogP contribution in [0.1, 0.15) is 5.56 Å². The van der Waals surface area contributed by atoms with Gasteiger partial charge in [-0.15, -0.1) is 0 Å². The molecule has 4 heterocycles. The largest absolute Gasteiger partial charge is 0.462 e. The van der Waals surface area contributed by atoms with Crippen LogP contribution in [-0.2, 0) is 4.74 Å². The standard InChI is InChI=1S/C25H30ClN7O3/c1-18-3-2-4-19(17-18)27-25(34)33-9-7-32(8-10-33)23-22-20(5-6-21(26)29-22)28-24(30-23)36-16-13-31-11-14-35-15-12-31/h2-6,17H,7-16H2,1H3,(H,27,34). The molecule has 11 heteroatoms. The summed E-state index contributed by atoms with van der Waals surface area (Å²) in [6, 6.07) is 11.5. The number of nitrogens with zero attached hydrogens (tertiary/aromatic N) is 6. The van der Waals surface area contributed by atoms with E-state index in [1.807, 2.05) is 42.2 Å². The molecule has 0 atom stereocenters. The SMILES string of the molecule is Cc1cccc(NC(=O)N2CCN(c3nc(OCCN4CCOCC4)nc4ccc(Cl)nc34)CC2)c1. The van der Waals surface area contributed by atoms with E-state index in [0.29, 0.717) is 60.8 Å². The fraction of sp³-hybridized carbons (Fsp3) is 0.440. The molecule has 2 fully saturated rings. The van der Waals surface area contributed by atoms with Crippen LogP contribution < -0.4 is 15.0 Å². The van der Waals surface area contributed by atoms with Crippen LogP contribution in [0.25, 0.3) is 11.0 Å². The lowest BCUT2D eigenvalue weighted by Gasteiger charge is -2.35. The molecule has 36 heavy (non-hydrogen) atoms. The van der Waals surface area contributed by atoms with Gasteiger partial charge in [-0.1, -0.05) is 23.7 Å². The third kappa shape index (κ3) is 5.95. The number of pyridine rings is 1. The molecule has 2 aliphatic heterocycles. The van der Waals surface area contributed by atoms with E-state index in [9.17, 15) is 4.79 Å². The van der Waals surface area contributed by atoms with Gasteiger partial charge in [0.2, 0.25) is 0 Å². The molecule has 1 N–H and O–H groups in total. The van der Waals surface area contributed by atoms with Crippen molar-refractivity contribution in [1.29, 1.82) is 0 Å². The average Bonchev–Trinajstić information content (AvgIpc) is 2.89. The number of anilines is 2. The maximum atomic E-state index is 12.8. The molecule has 10 nitrogen and oxygen atoms in total. The molecule has 0 aliphatic carbocycles. The highest BCUT2D eigenvalue weighted by Crippen LogP contribution is 2.27. The van der Waals surface area contributed by atoms with Gasteiger partial charge in [0.1, 0.15) is 17.3 Å². The van der Waals surface area contributed by atoms with E-state index in [-0.39, 0.29) is 6.03 Å². The number of amides is 2. The molecule has 1 aromatic carbocycles. The number of hydrogen-bond acceptors (Lipinski definition) is 8. The molecular formula is C25H30ClN7O3. The van der Waals surface area contributed by atoms with Gasteiger partial charge in [-0.25, -0.2) is 9.78 Å². The summed E-state index contributed by atoms with van der Waals surface area (Å²) in [6.07, 6.45) is 0. The minimum atomic E-state index is -0.110. The van der Waals surface area contributed by atoms with Gasteiger partial charge >= 0.3 is 12.0 Å². The fourth-order valence-corrected chi connectivity index (χ4v) is 4.52. The molecule has 5 rings (SSSR count). The number of morpholine rings is 1. The first-order valence-corrected chi connectivity index (χ1v) is 12.6. The minimum Gasteiger partial charge on any atom is -0.462 e. The zero-order chi connectivity index (χ0) is 24.9. The van der Waals surface area contributed by atoms with Gasteiger partial charge < -0.3 is 24.6 Å². The monoisotopic (exact) mass is 511 g/mol. The summed E-state index contributed by atoms with van der Waals surface area (Å²) in [5, 5.41) is 3.36. The number of aromatic nitrogens is 3. The van der Waals surface area contributed by atoms with Crippen molar-refractivity contribution < 1.29 is 14.3 Å². The maximum absolute atomic E-state index is 12.8. The molecule has 0 saturated carbocycles. The van der Waals surface area contributed by atoms with Gasteiger partial charge in [0.15, 0.2) is 5.82 Å². The van der Waals surface area contributed by atoms with Crippen LogP contribution in [-0.4, -0.2) is 96.4 Å². The molecule has 2 saturated heterocycles. The third-order valence-electron chi connectivity index (χ3n) is 6.35. The quantitative estimate of drug-likeness (QED) is 0.504. The highest BCUT2D eigenvalue weighted by Gasteiger charge is 2.25. The highest BCUT2D eigenvalue weighted by atomic mass is 35.5. The van der Waals surface area contributed by atoms with E-state index < -0.39 is 0 Å². The number of hydrogen-bond donors (Lipinski definition) is 1. The van der Waals surface area contributed by atoms with Crippen molar-refractivity contribution in [3.8, 4) is 6.01 Å². The smallest absolute Gasteiger partial charge is 0.321 e. The van der Waals surface area contributed by atoms with Crippen molar-refractivity contribution in [3.63, 3.8) is 0 Å². The van der Waals surface area contributed by atoms with Crippen LogP contribution in [0.3, 0.4) is 0 Å². The number of benzene rings is 1. The third-order valence-corrected chi connectivity index (χ3v) is 6.56. The van der Waals surface area contributed by atoms with Crippen molar-refractivity contribution in [2.45, 2.75) is 6.92 Å². The second-order valence-corrected chi connectivity index (χ2v) is 9.29. The number of carbonyl (C=O) groups excluding carboxylic acids is 1. The summed E-state index contributed by atoms with van der Waals surface area (Å²) in [6.45, 7) is 8.88. The van der Waals surface area contributed by atoms with Gasteiger partial charge in [0, 0.05) is 51.5 Å². The molecule has 0 spiro atoms. The Morgan fingerprint density at radius 3 is 2.64 bits per heavy atom. The van der Waals surface area contributed by atoms with Gasteiger partial charge in [-0.2, -0.15) is 9.97 Å². The molecule has 2 amide bonds. The predicted molar refractivity (Wildman–Crippen MR) is 139 cm³/mol. The molecule has 0 bridgehead atoms. The lowest BCUT2D eigenvalue weighted by molar-refractivity contribution is 0.0317. The first-order valence-electron chi connectivity index (χ1n) is 12.2. The molecule has 0 radical (unpaired) electrons. The summed E-state index contributed by atoms with van der Waals surface area (Å²) in [7, 11) is 0. The Morgan fingerprint density at radius 1 is 1.06 bits per heavy atom. The van der Waals surface area contributed by atoms with E-state index in [2.05, 4.69) is 25.1 Å². The number of piperazine rings is 1. The second kappa shape index (κ2) is 11.2. The number of rotatable bonds is 6. The number of ether oxygens (including phenoxy) is 2. The summed E-state index contributed by atoms with van der Waals surface area (Å²) in [4.78, 5) is 32.8. The van der Waals surface area contributed by atoms with Gasteiger partial charge in [-0.05, 0) is 36.8 Å². The average molecular weight is 512 g/mol. The Bertz CT molecular complexity index is 1210. The van der Waals surface area contributed by atoms with Crippen LogP contribution in [0.2, 0.25) is 5.15 Å². The summed E-state index contributed by atoms with van der Waals surface area (Å²) >= 11 is 6.20. The maximum Gasteiger partial charge on any atom is 0.321 e. The zero-order valence-corrected chi connectivity index (χ0v) is 21.1. The van der Waals surface area contributed by atoms with Crippen LogP contribution in [0.15, 0.2) is 36.4 Å². The Labute approximate surface area is 215 Å². The van der Waals surface area contributed by atoms with Crippen molar-refractivity contribution in [3.05, 3.63) is 47.1 Å². The van der Waals surface area contributed by atoms with Crippen molar-refractivity contribution in [1.82, 2.24) is 24.8 Å². The van der Waals surface area contributed by atoms with Crippen molar-refractivity contribution >= 4 is 40.2 Å². The van der Waals surface area contributed by atoms with E-state index in [4.69, 9.17) is 26.1 Å². The van der Waals surface area contributed by atoms with E-state index in [1.54, 1.807) is 6.07 Å². The van der Waals surface area contributed by atoms with E-state index in [1.165, 1.54) is 0 Å². The first kappa shape index (κ1) is 24.5. The molecule has 2 aromatic heterocycles. The second-order valence-electron chi connectivity index (χ2n) is 8.91. The number of aryl methyl sites for hydroxylation is 1. The Hall–Kier alpha value is -3.21. The van der Waals surface area contributed by atoms with Crippen LogP contribution in [0, 0.1) is 6.92 Å². The normalized spacial score (nSPS) is 16.8. The minimum absolute atomic E-state index is 0.110. The molecule has 3 aromatic rings. The predicted octanol–water partition coefficient (Wildman–Crippen LogP) is 3.05. The number of carbonyl (C=O) groups is 1. The number of nitrogens with one attached hydrogen (secondary N) is 1. The Kier molecular flexibility index (Phi) is 7.64. The highest BCUT2D eigenvalue weighted by molar-refractivity contribution is 6.29. The first-order chi connectivity index (χ1) is 17.5. The summed E-state index contributed by atoms with van der Waals surface area (Å²) < 4.78 is 11.4. The lowest BCUT2D eigenvalue weighted by atomic mass is 10.2. The van der Waals surface area contributed by atoms with Crippen LogP contribution in [0.5, 0.6) is 6.01 Å². The molecule has 190 valence electrons. The number of fused-ring (bicyclic) bond motifs is 1. The zero-order valence-electron chi connectivity index (χ0n) is 20.3. The van der Waals surface area contributed by atoms with E-state index >= 15 is 0 Å². The molecular weight excluding hydrogens is 482 g/mol. The molecule has 0 unspecified atom stereocenters. The Morgan fingerprint density at radius 2 is 1.86 bits per heavy atom.